The quantitative estimate of drug-likeness (QED) is 0.687. The lowest BCUT2D eigenvalue weighted by molar-refractivity contribution is 0.287. The highest BCUT2D eigenvalue weighted by atomic mass is 15.3. The first-order chi connectivity index (χ1) is 5.96. The van der Waals surface area contributed by atoms with Crippen LogP contribution in [0.5, 0.6) is 0 Å². The predicted molar refractivity (Wildman–Crippen MR) is 51.2 cm³/mol. The van der Waals surface area contributed by atoms with E-state index in [2.05, 4.69) is 36.0 Å². The minimum Gasteiger partial charge on any atom is -0.367 e. The van der Waals surface area contributed by atoms with Gasteiger partial charge in [-0.25, -0.2) is 0 Å². The van der Waals surface area contributed by atoms with E-state index in [1.165, 1.54) is 12.8 Å². The molecule has 0 amide bonds. The number of nitrogens with two attached hydrogens (primary N) is 1. The summed E-state index contributed by atoms with van der Waals surface area (Å²) in [7, 11) is 0. The molecule has 1 saturated carbocycles. The van der Waals surface area contributed by atoms with Crippen molar-refractivity contribution in [3.05, 3.63) is 5.82 Å². The maximum atomic E-state index is 5.49. The summed E-state index contributed by atoms with van der Waals surface area (Å²) in [6.07, 6.45) is 2.37. The van der Waals surface area contributed by atoms with Gasteiger partial charge in [-0.3, -0.25) is 5.10 Å². The first-order valence-corrected chi connectivity index (χ1v) is 4.64. The summed E-state index contributed by atoms with van der Waals surface area (Å²) in [6, 6.07) is 0. The Hall–Kier alpha value is -1.06. The van der Waals surface area contributed by atoms with Gasteiger partial charge in [0.15, 0.2) is 0 Å². The summed E-state index contributed by atoms with van der Waals surface area (Å²) in [5.74, 6) is 1.31. The Morgan fingerprint density at radius 3 is 2.31 bits per heavy atom. The molecule has 0 unspecified atom stereocenters. The first kappa shape index (κ1) is 8.53. The fourth-order valence-electron chi connectivity index (χ4n) is 1.96. The minimum absolute atomic E-state index is 0.192. The molecule has 1 aliphatic carbocycles. The summed E-state index contributed by atoms with van der Waals surface area (Å²) in [5, 5.41) is 6.81. The maximum absolute atomic E-state index is 5.49. The van der Waals surface area contributed by atoms with E-state index < -0.39 is 0 Å². The highest BCUT2D eigenvalue weighted by Gasteiger charge is 2.55. The average molecular weight is 180 g/mol. The van der Waals surface area contributed by atoms with Crippen LogP contribution in [0.15, 0.2) is 0 Å². The monoisotopic (exact) mass is 180 g/mol. The van der Waals surface area contributed by atoms with Crippen molar-refractivity contribution >= 4 is 5.95 Å². The SMILES string of the molecule is CC(C)(C)C1(c2nc(N)n[nH]2)CC1. The lowest BCUT2D eigenvalue weighted by Crippen LogP contribution is -2.27. The number of nitrogen functional groups attached to an aromatic ring is 1. The van der Waals surface area contributed by atoms with E-state index in [0.29, 0.717) is 5.95 Å². The largest absolute Gasteiger partial charge is 0.367 e. The van der Waals surface area contributed by atoms with Crippen LogP contribution in [0.2, 0.25) is 0 Å². The molecule has 0 aromatic carbocycles. The average Bonchev–Trinajstić information content (AvgIpc) is 2.70. The van der Waals surface area contributed by atoms with Crippen LogP contribution in [0.3, 0.4) is 0 Å². The van der Waals surface area contributed by atoms with Gasteiger partial charge in [-0.2, -0.15) is 4.98 Å². The van der Waals surface area contributed by atoms with Gasteiger partial charge in [-0.05, 0) is 18.3 Å². The molecule has 13 heavy (non-hydrogen) atoms. The molecule has 72 valence electrons. The van der Waals surface area contributed by atoms with E-state index in [1.807, 2.05) is 0 Å². The zero-order valence-electron chi connectivity index (χ0n) is 8.39. The van der Waals surface area contributed by atoms with Gasteiger partial charge in [0.1, 0.15) is 5.82 Å². The molecular weight excluding hydrogens is 164 g/mol. The van der Waals surface area contributed by atoms with Crippen LogP contribution in [-0.2, 0) is 5.41 Å². The number of anilines is 1. The molecule has 0 aliphatic heterocycles. The van der Waals surface area contributed by atoms with E-state index >= 15 is 0 Å². The van der Waals surface area contributed by atoms with E-state index in [1.54, 1.807) is 0 Å². The van der Waals surface area contributed by atoms with Crippen molar-refractivity contribution in [2.45, 2.75) is 39.0 Å². The Kier molecular flexibility index (Phi) is 1.47. The number of aromatic nitrogens is 3. The van der Waals surface area contributed by atoms with Crippen molar-refractivity contribution < 1.29 is 0 Å². The third kappa shape index (κ3) is 1.12. The van der Waals surface area contributed by atoms with Gasteiger partial charge in [0.05, 0.1) is 0 Å². The van der Waals surface area contributed by atoms with Gasteiger partial charge in [0, 0.05) is 5.41 Å². The van der Waals surface area contributed by atoms with Crippen LogP contribution in [0.25, 0.3) is 0 Å². The second-order valence-electron chi connectivity index (χ2n) is 4.87. The molecule has 0 saturated heterocycles. The van der Waals surface area contributed by atoms with E-state index in [9.17, 15) is 0 Å². The Bertz CT molecular complexity index is 317. The fourth-order valence-corrected chi connectivity index (χ4v) is 1.96. The molecule has 1 aromatic rings. The predicted octanol–water partition coefficient (Wildman–Crippen LogP) is 1.46. The van der Waals surface area contributed by atoms with Crippen molar-refractivity contribution in [3.63, 3.8) is 0 Å². The van der Waals surface area contributed by atoms with Crippen molar-refractivity contribution in [2.75, 3.05) is 5.73 Å². The molecule has 0 spiro atoms. The molecule has 0 radical (unpaired) electrons. The molecule has 3 N–H and O–H groups in total. The molecule has 4 heteroatoms. The second kappa shape index (κ2) is 2.25. The van der Waals surface area contributed by atoms with Crippen molar-refractivity contribution in [1.82, 2.24) is 15.2 Å². The zero-order valence-corrected chi connectivity index (χ0v) is 8.39. The van der Waals surface area contributed by atoms with E-state index in [4.69, 9.17) is 5.73 Å². The summed E-state index contributed by atoms with van der Waals surface area (Å²) in [4.78, 5) is 4.22. The van der Waals surface area contributed by atoms with Gasteiger partial charge in [-0.15, -0.1) is 5.10 Å². The highest BCUT2D eigenvalue weighted by Crippen LogP contribution is 2.58. The van der Waals surface area contributed by atoms with Crippen LogP contribution in [0.4, 0.5) is 5.95 Å². The molecule has 0 atom stereocenters. The van der Waals surface area contributed by atoms with E-state index in [0.717, 1.165) is 5.82 Å². The number of hydrogen-bond acceptors (Lipinski definition) is 3. The third-order valence-corrected chi connectivity index (χ3v) is 3.14. The Balaban J connectivity index is 2.36. The number of H-pyrrole nitrogens is 1. The van der Waals surface area contributed by atoms with Gasteiger partial charge >= 0.3 is 0 Å². The molecular formula is C9H16N4. The van der Waals surface area contributed by atoms with Crippen LogP contribution in [-0.4, -0.2) is 15.2 Å². The summed E-state index contributed by atoms with van der Waals surface area (Å²) >= 11 is 0. The third-order valence-electron chi connectivity index (χ3n) is 3.14. The Morgan fingerprint density at radius 2 is 2.00 bits per heavy atom. The van der Waals surface area contributed by atoms with Crippen molar-refractivity contribution in [1.29, 1.82) is 0 Å². The zero-order chi connectivity index (χ0) is 9.69. The molecule has 0 bridgehead atoms. The lowest BCUT2D eigenvalue weighted by Gasteiger charge is -2.28. The number of hydrogen-bond donors (Lipinski definition) is 2. The van der Waals surface area contributed by atoms with Crippen LogP contribution < -0.4 is 5.73 Å². The molecule has 1 aliphatic rings. The Labute approximate surface area is 77.9 Å². The van der Waals surface area contributed by atoms with Crippen molar-refractivity contribution in [2.24, 2.45) is 5.41 Å². The summed E-state index contributed by atoms with van der Waals surface area (Å²) in [6.45, 7) is 6.70. The topological polar surface area (TPSA) is 67.6 Å². The lowest BCUT2D eigenvalue weighted by atomic mass is 9.77. The van der Waals surface area contributed by atoms with Gasteiger partial charge in [-0.1, -0.05) is 20.8 Å². The molecule has 1 aromatic heterocycles. The molecule has 2 rings (SSSR count). The van der Waals surface area contributed by atoms with Gasteiger partial charge in [0.25, 0.3) is 0 Å². The molecule has 1 heterocycles. The fraction of sp³-hybridized carbons (Fsp3) is 0.778. The van der Waals surface area contributed by atoms with Crippen LogP contribution in [0.1, 0.15) is 39.4 Å². The molecule has 4 nitrogen and oxygen atoms in total. The second-order valence-corrected chi connectivity index (χ2v) is 4.87. The highest BCUT2D eigenvalue weighted by molar-refractivity contribution is 5.26. The molecule has 1 fully saturated rings. The van der Waals surface area contributed by atoms with Gasteiger partial charge in [0.2, 0.25) is 5.95 Å². The van der Waals surface area contributed by atoms with Gasteiger partial charge < -0.3 is 5.73 Å². The standard InChI is InChI=1S/C9H16N4/c1-8(2,3)9(4-5-9)6-11-7(10)13-12-6/h4-5H2,1-3H3,(H3,10,11,12,13). The van der Waals surface area contributed by atoms with Crippen molar-refractivity contribution in [3.8, 4) is 0 Å². The summed E-state index contributed by atoms with van der Waals surface area (Å²) in [5.41, 5.74) is 5.92. The smallest absolute Gasteiger partial charge is 0.239 e. The number of nitrogens with one attached hydrogen (secondary N) is 1. The number of rotatable bonds is 1. The van der Waals surface area contributed by atoms with Crippen LogP contribution >= 0.6 is 0 Å². The van der Waals surface area contributed by atoms with E-state index in [-0.39, 0.29) is 10.8 Å². The first-order valence-electron chi connectivity index (χ1n) is 4.64. The number of aromatic amines is 1. The van der Waals surface area contributed by atoms with Crippen LogP contribution in [0, 0.1) is 5.41 Å². The minimum atomic E-state index is 0.192. The Morgan fingerprint density at radius 1 is 1.38 bits per heavy atom. The normalized spacial score (nSPS) is 20.2. The number of nitrogens with zero attached hydrogens (tertiary/aromatic N) is 2. The maximum Gasteiger partial charge on any atom is 0.239 e. The summed E-state index contributed by atoms with van der Waals surface area (Å²) < 4.78 is 0.